The van der Waals surface area contributed by atoms with Crippen LogP contribution < -0.4 is 0 Å². The first-order valence-corrected chi connectivity index (χ1v) is 10.6. The first-order valence-electron chi connectivity index (χ1n) is 9.01. The van der Waals surface area contributed by atoms with Crippen LogP contribution in [-0.4, -0.2) is 59.1 Å². The quantitative estimate of drug-likeness (QED) is 0.797. The van der Waals surface area contributed by atoms with Crippen LogP contribution in [0.5, 0.6) is 0 Å². The minimum atomic E-state index is -3.28. The second kappa shape index (κ2) is 7.41. The Morgan fingerprint density at radius 3 is 2.52 bits per heavy atom. The molecule has 1 unspecified atom stereocenters. The molecule has 3 rings (SSSR count). The molecular formula is C16H26N4O4S. The maximum absolute atomic E-state index is 13.0. The highest BCUT2D eigenvalue weighted by Crippen LogP contribution is 2.33. The highest BCUT2D eigenvalue weighted by Gasteiger charge is 2.38. The molecule has 0 aromatic carbocycles. The van der Waals surface area contributed by atoms with Crippen molar-refractivity contribution in [2.75, 3.05) is 25.4 Å². The van der Waals surface area contributed by atoms with E-state index < -0.39 is 10.0 Å². The Balaban J connectivity index is 1.86. The maximum atomic E-state index is 13.0. The third kappa shape index (κ3) is 3.87. The molecule has 1 aromatic rings. The third-order valence-corrected chi connectivity index (χ3v) is 7.07. The lowest BCUT2D eigenvalue weighted by Gasteiger charge is -2.29. The number of hydrogen-bond donors (Lipinski definition) is 0. The summed E-state index contributed by atoms with van der Waals surface area (Å²) in [5, 5.41) is 3.84. The van der Waals surface area contributed by atoms with Gasteiger partial charge < -0.3 is 9.42 Å². The second-order valence-electron chi connectivity index (χ2n) is 6.80. The zero-order valence-corrected chi connectivity index (χ0v) is 15.7. The minimum Gasteiger partial charge on any atom is -0.337 e. The molecule has 1 aliphatic heterocycles. The molecule has 1 aliphatic carbocycles. The van der Waals surface area contributed by atoms with E-state index >= 15 is 0 Å². The topological polar surface area (TPSA) is 96.6 Å². The molecule has 25 heavy (non-hydrogen) atoms. The van der Waals surface area contributed by atoms with Crippen molar-refractivity contribution < 1.29 is 17.7 Å². The number of nitrogens with zero attached hydrogens (tertiary/aromatic N) is 4. The molecule has 0 spiro atoms. The number of carbonyl (C=O) groups is 1. The van der Waals surface area contributed by atoms with Crippen LogP contribution in [0.15, 0.2) is 4.52 Å². The van der Waals surface area contributed by atoms with E-state index in [0.717, 1.165) is 25.7 Å². The van der Waals surface area contributed by atoms with Crippen LogP contribution in [0.4, 0.5) is 0 Å². The molecule has 1 amide bonds. The van der Waals surface area contributed by atoms with Crippen LogP contribution in [0.25, 0.3) is 0 Å². The predicted octanol–water partition coefficient (Wildman–Crippen LogP) is 1.49. The lowest BCUT2D eigenvalue weighted by molar-refractivity contribution is -0.138. The summed E-state index contributed by atoms with van der Waals surface area (Å²) in [6.45, 7) is 4.41. The third-order valence-electron chi connectivity index (χ3n) is 5.19. The number of hydrogen-bond acceptors (Lipinski definition) is 6. The molecule has 0 N–H and O–H groups in total. The van der Waals surface area contributed by atoms with E-state index in [2.05, 4.69) is 10.1 Å². The Hall–Kier alpha value is -1.48. The highest BCUT2D eigenvalue weighted by molar-refractivity contribution is 7.89. The van der Waals surface area contributed by atoms with Gasteiger partial charge in [0.05, 0.1) is 5.75 Å². The Morgan fingerprint density at radius 2 is 1.92 bits per heavy atom. The summed E-state index contributed by atoms with van der Waals surface area (Å²) in [7, 11) is -3.28. The molecule has 0 bridgehead atoms. The van der Waals surface area contributed by atoms with Gasteiger partial charge in [0.1, 0.15) is 6.04 Å². The van der Waals surface area contributed by atoms with Gasteiger partial charge in [-0.05, 0) is 33.1 Å². The predicted molar refractivity (Wildman–Crippen MR) is 91.1 cm³/mol. The van der Waals surface area contributed by atoms with Gasteiger partial charge in [0, 0.05) is 25.6 Å². The molecule has 1 saturated heterocycles. The normalized spacial score (nSPS) is 23.8. The van der Waals surface area contributed by atoms with Crippen molar-refractivity contribution in [3.8, 4) is 0 Å². The molecular weight excluding hydrogens is 344 g/mol. The van der Waals surface area contributed by atoms with E-state index in [0.29, 0.717) is 37.8 Å². The summed E-state index contributed by atoms with van der Waals surface area (Å²) < 4.78 is 31.3. The van der Waals surface area contributed by atoms with Crippen molar-refractivity contribution >= 4 is 15.9 Å². The van der Waals surface area contributed by atoms with Crippen LogP contribution in [-0.2, 0) is 14.8 Å². The van der Waals surface area contributed by atoms with E-state index in [9.17, 15) is 13.2 Å². The summed E-state index contributed by atoms with van der Waals surface area (Å²) in [5.74, 6) is 1.11. The molecule has 1 aromatic heterocycles. The van der Waals surface area contributed by atoms with Crippen LogP contribution in [0.1, 0.15) is 56.8 Å². The Bertz CT molecular complexity index is 711. The Morgan fingerprint density at radius 1 is 1.20 bits per heavy atom. The van der Waals surface area contributed by atoms with Gasteiger partial charge in [-0.15, -0.1) is 0 Å². The van der Waals surface area contributed by atoms with Gasteiger partial charge in [-0.3, -0.25) is 4.79 Å². The average Bonchev–Trinajstić information content (AvgIpc) is 3.21. The van der Waals surface area contributed by atoms with Crippen molar-refractivity contribution in [1.29, 1.82) is 0 Å². The number of rotatable bonds is 4. The molecule has 2 fully saturated rings. The Labute approximate surface area is 148 Å². The van der Waals surface area contributed by atoms with Gasteiger partial charge in [0.2, 0.25) is 21.8 Å². The van der Waals surface area contributed by atoms with Gasteiger partial charge in [-0.25, -0.2) is 12.7 Å². The van der Waals surface area contributed by atoms with Gasteiger partial charge in [0.25, 0.3) is 0 Å². The lowest BCUT2D eigenvalue weighted by atomic mass is 10.0. The Kier molecular flexibility index (Phi) is 5.43. The lowest BCUT2D eigenvalue weighted by Crippen LogP contribution is -2.41. The maximum Gasteiger partial charge on any atom is 0.249 e. The van der Waals surface area contributed by atoms with Crippen molar-refractivity contribution in [3.63, 3.8) is 0 Å². The first-order chi connectivity index (χ1) is 11.9. The molecule has 140 valence electrons. The van der Waals surface area contributed by atoms with Crippen molar-refractivity contribution in [1.82, 2.24) is 19.3 Å². The molecule has 8 nitrogen and oxygen atoms in total. The van der Waals surface area contributed by atoms with Gasteiger partial charge in [-0.2, -0.15) is 4.98 Å². The SMILES string of the molecule is CCS(=O)(=O)N1CCC(c2nc(C)no2)N(C(=O)C2CCCC2)CC1. The summed E-state index contributed by atoms with van der Waals surface area (Å²) in [6, 6.07) is -0.355. The fourth-order valence-electron chi connectivity index (χ4n) is 3.75. The van der Waals surface area contributed by atoms with Crippen LogP contribution in [0.3, 0.4) is 0 Å². The summed E-state index contributed by atoms with van der Waals surface area (Å²) >= 11 is 0. The second-order valence-corrected chi connectivity index (χ2v) is 9.05. The highest BCUT2D eigenvalue weighted by atomic mass is 32.2. The first kappa shape index (κ1) is 18.3. The van der Waals surface area contributed by atoms with Gasteiger partial charge in [0.15, 0.2) is 5.82 Å². The molecule has 9 heteroatoms. The van der Waals surface area contributed by atoms with Crippen LogP contribution in [0, 0.1) is 12.8 Å². The van der Waals surface area contributed by atoms with Crippen molar-refractivity contribution in [2.24, 2.45) is 5.92 Å². The zero-order valence-electron chi connectivity index (χ0n) is 14.8. The van der Waals surface area contributed by atoms with Gasteiger partial charge >= 0.3 is 0 Å². The smallest absolute Gasteiger partial charge is 0.249 e. The fraction of sp³-hybridized carbons (Fsp3) is 0.812. The summed E-state index contributed by atoms with van der Waals surface area (Å²) in [6.07, 6.45) is 4.43. The zero-order chi connectivity index (χ0) is 18.0. The van der Waals surface area contributed by atoms with Crippen molar-refractivity contribution in [3.05, 3.63) is 11.7 Å². The molecule has 1 saturated carbocycles. The molecule has 1 atom stereocenters. The number of carbonyl (C=O) groups excluding carboxylic acids is 1. The van der Waals surface area contributed by atoms with E-state index in [1.165, 1.54) is 4.31 Å². The average molecular weight is 370 g/mol. The fourth-order valence-corrected chi connectivity index (χ4v) is 4.85. The van der Waals surface area contributed by atoms with Crippen molar-refractivity contribution in [2.45, 2.75) is 52.0 Å². The molecule has 2 aliphatic rings. The monoisotopic (exact) mass is 370 g/mol. The molecule has 0 radical (unpaired) electrons. The minimum absolute atomic E-state index is 0.0286. The largest absolute Gasteiger partial charge is 0.337 e. The number of aromatic nitrogens is 2. The van der Waals surface area contributed by atoms with Crippen LogP contribution in [0.2, 0.25) is 0 Å². The number of sulfonamides is 1. The number of aryl methyl sites for hydroxylation is 1. The summed E-state index contributed by atoms with van der Waals surface area (Å²) in [5.41, 5.74) is 0. The van der Waals surface area contributed by atoms with Gasteiger partial charge in [-0.1, -0.05) is 18.0 Å². The van der Waals surface area contributed by atoms with E-state index in [1.54, 1.807) is 18.7 Å². The standard InChI is InChI=1S/C16H26N4O4S/c1-3-25(22,23)19-9-8-14(15-17-12(2)18-24-15)20(11-10-19)16(21)13-6-4-5-7-13/h13-14H,3-11H2,1-2H3. The summed E-state index contributed by atoms with van der Waals surface area (Å²) in [4.78, 5) is 19.1. The van der Waals surface area contributed by atoms with Crippen LogP contribution >= 0.6 is 0 Å². The number of amides is 1. The van der Waals surface area contributed by atoms with E-state index in [-0.39, 0.29) is 23.6 Å². The molecule has 2 heterocycles. The van der Waals surface area contributed by atoms with E-state index in [4.69, 9.17) is 4.52 Å². The van der Waals surface area contributed by atoms with E-state index in [1.807, 2.05) is 0 Å².